The summed E-state index contributed by atoms with van der Waals surface area (Å²) in [5.74, 6) is 0. The van der Waals surface area contributed by atoms with Crippen LogP contribution in [0, 0.1) is 0 Å². The summed E-state index contributed by atoms with van der Waals surface area (Å²) in [4.78, 5) is 8.33. The molecule has 0 amide bonds. The van der Waals surface area contributed by atoms with Gasteiger partial charge >= 0.3 is 0 Å². The van der Waals surface area contributed by atoms with E-state index < -0.39 is 6.16 Å². The van der Waals surface area contributed by atoms with Crippen LogP contribution < -0.4 is 16.4 Å². The molecule has 6 heavy (non-hydrogen) atoms. The summed E-state index contributed by atoms with van der Waals surface area (Å²) in [6.45, 7) is 0. The first-order valence-corrected chi connectivity index (χ1v) is 0.612. The Morgan fingerprint density at radius 3 is 1.33 bits per heavy atom. The van der Waals surface area contributed by atoms with Crippen molar-refractivity contribution >= 4 is 6.16 Å². The molecular weight excluding hydrogens is 165 g/mol. The molecule has 36 valence electrons. The van der Waals surface area contributed by atoms with Gasteiger partial charge in [0.05, 0.1) is 0 Å². The molecule has 0 aromatic carbocycles. The predicted molar refractivity (Wildman–Crippen MR) is 11.4 cm³/mol. The summed E-state index contributed by atoms with van der Waals surface area (Å²) in [5.41, 5.74) is 0. The normalized spacial score (nSPS) is 4.00. The minimum absolute atomic E-state index is 0. The van der Waals surface area contributed by atoms with Crippen LogP contribution in [0.5, 0.6) is 0 Å². The van der Waals surface area contributed by atoms with E-state index in [1.807, 2.05) is 0 Å². The molecule has 0 aliphatic rings. The molecule has 4 nitrogen and oxygen atoms in total. The number of quaternary nitrogens is 1. The van der Waals surface area contributed by atoms with Crippen molar-refractivity contribution in [3.05, 3.63) is 0 Å². The van der Waals surface area contributed by atoms with Crippen molar-refractivity contribution in [1.82, 2.24) is 6.15 Å². The van der Waals surface area contributed by atoms with Crippen molar-refractivity contribution in [2.45, 2.75) is 0 Å². The van der Waals surface area contributed by atoms with Crippen molar-refractivity contribution in [1.29, 1.82) is 0 Å². The van der Waals surface area contributed by atoms with Gasteiger partial charge in [0.2, 0.25) is 0 Å². The molecule has 0 radical (unpaired) electrons. The van der Waals surface area contributed by atoms with Crippen molar-refractivity contribution in [3.8, 4) is 0 Å². The van der Waals surface area contributed by atoms with Gasteiger partial charge in [0, 0.05) is 26.2 Å². The fourth-order valence-electron chi connectivity index (χ4n) is 0. The molecule has 4 N–H and O–H groups in total. The van der Waals surface area contributed by atoms with Crippen LogP contribution in [-0.4, -0.2) is 6.16 Å². The molecular formula is CH4NO3Zr-. The molecule has 0 bridgehead atoms. The Balaban J connectivity index is -0.0000000450. The van der Waals surface area contributed by atoms with Gasteiger partial charge in [-0.3, -0.25) is 0 Å². The fraction of sp³-hybridized carbons (Fsp3) is 0. The number of carbonyl (C=O) groups excluding carboxylic acids is 1. The van der Waals surface area contributed by atoms with E-state index in [0.29, 0.717) is 0 Å². The molecule has 0 aliphatic carbocycles. The topological polar surface area (TPSA) is 99.7 Å². The summed E-state index contributed by atoms with van der Waals surface area (Å²) in [5, 5.41) is 16.7. The molecule has 0 saturated heterocycles. The Hall–Kier alpha value is 0.113. The Morgan fingerprint density at radius 2 is 1.33 bits per heavy atom. The first kappa shape index (κ1) is 16.5. The van der Waals surface area contributed by atoms with E-state index in [4.69, 9.17) is 15.0 Å². The maximum absolute atomic E-state index is 8.33. The maximum atomic E-state index is 8.33. The summed E-state index contributed by atoms with van der Waals surface area (Å²) in [6.07, 6.45) is -2.33. The molecule has 0 unspecified atom stereocenters. The van der Waals surface area contributed by atoms with E-state index in [0.717, 1.165) is 0 Å². The number of carboxylic acid groups (broad SMARTS) is 2. The molecule has 0 aliphatic heterocycles. The molecule has 0 aromatic rings. The number of hydrogen-bond donors (Lipinski definition) is 1. The van der Waals surface area contributed by atoms with Gasteiger partial charge in [-0.2, -0.15) is 0 Å². The quantitative estimate of drug-likeness (QED) is 0.450. The van der Waals surface area contributed by atoms with Crippen LogP contribution in [0.4, 0.5) is 4.79 Å². The summed E-state index contributed by atoms with van der Waals surface area (Å²) in [7, 11) is 0. The van der Waals surface area contributed by atoms with E-state index in [1.165, 1.54) is 0 Å². The summed E-state index contributed by atoms with van der Waals surface area (Å²) < 4.78 is 0. The summed E-state index contributed by atoms with van der Waals surface area (Å²) in [6, 6.07) is 0. The van der Waals surface area contributed by atoms with Crippen molar-refractivity contribution < 1.29 is 41.2 Å². The second kappa shape index (κ2) is 8.93. The van der Waals surface area contributed by atoms with E-state index in [9.17, 15) is 0 Å². The predicted octanol–water partition coefficient (Wildman–Crippen LogP) is -2.07. The number of rotatable bonds is 0. The van der Waals surface area contributed by atoms with Crippen molar-refractivity contribution in [3.63, 3.8) is 0 Å². The Bertz CT molecular complexity index is 33.8. The van der Waals surface area contributed by atoms with E-state index >= 15 is 0 Å². The minimum Gasteiger partial charge on any atom is -0.652 e. The monoisotopic (exact) mass is 168 g/mol. The van der Waals surface area contributed by atoms with Crippen molar-refractivity contribution in [2.24, 2.45) is 0 Å². The molecule has 0 atom stereocenters. The van der Waals surface area contributed by atoms with Gasteiger partial charge in [-0.25, -0.2) is 0 Å². The second-order valence-corrected chi connectivity index (χ2v) is 0.250. The first-order valence-electron chi connectivity index (χ1n) is 0.612. The zero-order chi connectivity index (χ0) is 3.58. The fourth-order valence-corrected chi connectivity index (χ4v) is 0. The van der Waals surface area contributed by atoms with Crippen LogP contribution in [0.2, 0.25) is 0 Å². The van der Waals surface area contributed by atoms with Gasteiger partial charge < -0.3 is 21.2 Å². The van der Waals surface area contributed by atoms with Crippen LogP contribution in [-0.2, 0) is 26.2 Å². The SMILES string of the molecule is O=C([O-])[O-].[NH4+].[Zr]. The molecule has 0 fully saturated rings. The number of carbonyl (C=O) groups is 1. The average Bonchev–Trinajstić information content (AvgIpc) is 0.811. The van der Waals surface area contributed by atoms with Crippen LogP contribution in [0.3, 0.4) is 0 Å². The van der Waals surface area contributed by atoms with Crippen LogP contribution in [0.25, 0.3) is 0 Å². The van der Waals surface area contributed by atoms with Crippen molar-refractivity contribution in [2.75, 3.05) is 0 Å². The van der Waals surface area contributed by atoms with Crippen LogP contribution in [0.15, 0.2) is 0 Å². The Labute approximate surface area is 53.9 Å². The Morgan fingerprint density at radius 1 is 1.33 bits per heavy atom. The zero-order valence-electron chi connectivity index (χ0n) is 3.22. The van der Waals surface area contributed by atoms with Gasteiger partial charge in [-0.1, -0.05) is 0 Å². The van der Waals surface area contributed by atoms with Gasteiger partial charge in [0.15, 0.2) is 0 Å². The average molecular weight is 169 g/mol. The molecule has 0 aromatic heterocycles. The number of hydrogen-bond acceptors (Lipinski definition) is 3. The standard InChI is InChI=1S/CH2O3.H3N.Zr/c2-1(3)4;;/h(H2,2,3,4);1H3;/p-1. The van der Waals surface area contributed by atoms with E-state index in [1.54, 1.807) is 0 Å². The molecule has 0 saturated carbocycles. The van der Waals surface area contributed by atoms with Gasteiger partial charge in [0.1, 0.15) is 0 Å². The second-order valence-electron chi connectivity index (χ2n) is 0.250. The van der Waals surface area contributed by atoms with Crippen LogP contribution in [0.1, 0.15) is 0 Å². The first-order chi connectivity index (χ1) is 1.73. The largest absolute Gasteiger partial charge is 0.652 e. The Kier molecular flexibility index (Phi) is 24.5. The summed E-state index contributed by atoms with van der Waals surface area (Å²) >= 11 is 0. The molecule has 5 heteroatoms. The van der Waals surface area contributed by atoms with E-state index in [-0.39, 0.29) is 32.4 Å². The zero-order valence-corrected chi connectivity index (χ0v) is 5.68. The third-order valence-electron chi connectivity index (χ3n) is 0. The maximum Gasteiger partial charge on any atom is 0 e. The molecule has 0 heterocycles. The molecule has 0 rings (SSSR count). The van der Waals surface area contributed by atoms with Gasteiger partial charge in [0.25, 0.3) is 0 Å². The minimum atomic E-state index is -2.33. The van der Waals surface area contributed by atoms with Crippen LogP contribution >= 0.6 is 0 Å². The third kappa shape index (κ3) is 3120. The smallest absolute Gasteiger partial charge is 0 e. The van der Waals surface area contributed by atoms with E-state index in [2.05, 4.69) is 0 Å². The molecule has 0 spiro atoms. The van der Waals surface area contributed by atoms with Gasteiger partial charge in [-0.15, -0.1) is 0 Å². The van der Waals surface area contributed by atoms with Gasteiger partial charge in [-0.05, 0) is 6.16 Å². The third-order valence-corrected chi connectivity index (χ3v) is 0.